The number of anilines is 1. The Morgan fingerprint density at radius 1 is 1.29 bits per heavy atom. The van der Waals surface area contributed by atoms with E-state index in [2.05, 4.69) is 32.1 Å². The van der Waals surface area contributed by atoms with Crippen LogP contribution in [0.15, 0.2) is 10.7 Å². The van der Waals surface area contributed by atoms with E-state index in [1.54, 1.807) is 26.8 Å². The van der Waals surface area contributed by atoms with Gasteiger partial charge in [0.15, 0.2) is 17.3 Å². The van der Waals surface area contributed by atoms with Crippen LogP contribution in [0.4, 0.5) is 10.6 Å². The van der Waals surface area contributed by atoms with E-state index in [-0.39, 0.29) is 29.7 Å². The van der Waals surface area contributed by atoms with Gasteiger partial charge in [0.25, 0.3) is 0 Å². The van der Waals surface area contributed by atoms with Crippen molar-refractivity contribution in [2.24, 2.45) is 0 Å². The number of aromatic nitrogens is 5. The van der Waals surface area contributed by atoms with Gasteiger partial charge in [-0.3, -0.25) is 4.90 Å². The second-order valence-electron chi connectivity index (χ2n) is 9.65. The molecule has 0 unspecified atom stereocenters. The van der Waals surface area contributed by atoms with Gasteiger partial charge in [0, 0.05) is 18.2 Å². The van der Waals surface area contributed by atoms with E-state index in [1.807, 2.05) is 32.3 Å². The Labute approximate surface area is 203 Å². The summed E-state index contributed by atoms with van der Waals surface area (Å²) in [5.74, 6) is 6.38. The molecule has 0 saturated heterocycles. The van der Waals surface area contributed by atoms with Crippen LogP contribution in [0, 0.1) is 11.8 Å². The summed E-state index contributed by atoms with van der Waals surface area (Å²) in [4.78, 5) is 22.3. The van der Waals surface area contributed by atoms with Crippen LogP contribution < -0.4 is 10.5 Å². The number of imidazole rings is 1. The van der Waals surface area contributed by atoms with Crippen LogP contribution >= 0.6 is 0 Å². The maximum atomic E-state index is 11.8. The number of nitrogens with two attached hydrogens (primary N) is 1. The molecular weight excluding hydrogens is 454 g/mol. The second kappa shape index (κ2) is 9.42. The highest BCUT2D eigenvalue weighted by Gasteiger charge is 2.31. The van der Waals surface area contributed by atoms with Crippen molar-refractivity contribution in [1.82, 2.24) is 29.7 Å². The van der Waals surface area contributed by atoms with Crippen molar-refractivity contribution in [1.29, 1.82) is 0 Å². The first kappa shape index (κ1) is 25.8. The summed E-state index contributed by atoms with van der Waals surface area (Å²) >= 11 is 0. The minimum absolute atomic E-state index is 0.0632. The first-order valence-electron chi connectivity index (χ1n) is 11.1. The number of amides is 1. The zero-order valence-electron chi connectivity index (χ0n) is 20.9. The molecule has 188 valence electrons. The van der Waals surface area contributed by atoms with Crippen molar-refractivity contribution in [3.05, 3.63) is 11.8 Å². The number of carboxylic acid groups (broad SMARTS) is 1. The van der Waals surface area contributed by atoms with Crippen molar-refractivity contribution in [3.63, 3.8) is 0 Å². The van der Waals surface area contributed by atoms with Gasteiger partial charge in [0.05, 0.1) is 11.6 Å². The molecule has 12 heteroatoms. The molecule has 0 aromatic carbocycles. The molecule has 1 amide bonds. The maximum Gasteiger partial charge on any atom is 0.408 e. The third kappa shape index (κ3) is 5.63. The van der Waals surface area contributed by atoms with Crippen molar-refractivity contribution < 1.29 is 24.4 Å². The predicted molar refractivity (Wildman–Crippen MR) is 129 cm³/mol. The van der Waals surface area contributed by atoms with Crippen molar-refractivity contribution >= 4 is 22.9 Å². The Hall–Kier alpha value is -3.85. The number of nitrogens with zero attached hydrogens (tertiary/aromatic N) is 6. The zero-order chi connectivity index (χ0) is 26.1. The minimum atomic E-state index is -1.26. The third-order valence-electron chi connectivity index (χ3n) is 5.08. The van der Waals surface area contributed by atoms with Gasteiger partial charge in [-0.1, -0.05) is 5.92 Å². The summed E-state index contributed by atoms with van der Waals surface area (Å²) in [6.07, 6.45) is -1.04. The highest BCUT2D eigenvalue weighted by Crippen LogP contribution is 2.30. The number of aryl methyl sites for hydroxylation is 1. The Morgan fingerprint density at radius 3 is 2.49 bits per heavy atom. The monoisotopic (exact) mass is 485 g/mol. The highest BCUT2D eigenvalue weighted by molar-refractivity contribution is 5.86. The second-order valence-corrected chi connectivity index (χ2v) is 9.65. The molecule has 3 rings (SSSR count). The predicted octanol–water partition coefficient (Wildman–Crippen LogP) is 2.75. The molecule has 3 aromatic heterocycles. The van der Waals surface area contributed by atoms with Crippen molar-refractivity contribution in [3.8, 4) is 29.2 Å². The van der Waals surface area contributed by atoms with Gasteiger partial charge >= 0.3 is 6.09 Å². The molecule has 12 nitrogen and oxygen atoms in total. The van der Waals surface area contributed by atoms with E-state index in [0.29, 0.717) is 23.4 Å². The van der Waals surface area contributed by atoms with Crippen LogP contribution in [0.3, 0.4) is 0 Å². The molecular formula is C23H31N7O5. The van der Waals surface area contributed by atoms with Gasteiger partial charge < -0.3 is 25.3 Å². The molecule has 0 saturated carbocycles. The quantitative estimate of drug-likeness (QED) is 0.442. The first-order valence-corrected chi connectivity index (χ1v) is 11.1. The van der Waals surface area contributed by atoms with Crippen LogP contribution in [0.25, 0.3) is 22.6 Å². The molecule has 0 aliphatic rings. The highest BCUT2D eigenvalue weighted by atomic mass is 16.6. The van der Waals surface area contributed by atoms with Crippen LogP contribution in [0.1, 0.15) is 54.2 Å². The minimum Gasteiger partial charge on any atom is -0.475 e. The average molecular weight is 486 g/mol. The molecule has 0 fully saturated rings. The van der Waals surface area contributed by atoms with Gasteiger partial charge in [-0.05, 0) is 64.7 Å². The molecule has 0 radical (unpaired) electrons. The molecule has 0 spiro atoms. The smallest absolute Gasteiger partial charge is 0.408 e. The van der Waals surface area contributed by atoms with Gasteiger partial charge in [-0.15, -0.1) is 0 Å². The van der Waals surface area contributed by atoms with E-state index in [0.717, 1.165) is 0 Å². The molecule has 0 bridgehead atoms. The standard InChI is InChI=1S/C23H31N7O5/c1-8-29-15-11-16(34-12-13(2)30(21(31)32)22(3,4)5)25-14(9-10-23(6,7)33)17(15)26-20(29)18-19(24)28-35-27-18/h11,13,33H,8,12H2,1-7H3,(H2,24,28)(H,31,32)/t13-/m0/s1. The van der Waals surface area contributed by atoms with Gasteiger partial charge in [0.1, 0.15) is 23.4 Å². The molecule has 35 heavy (non-hydrogen) atoms. The lowest BCUT2D eigenvalue weighted by Crippen LogP contribution is -2.52. The topological polar surface area (TPSA) is 166 Å². The number of hydrogen-bond acceptors (Lipinski definition) is 9. The fourth-order valence-corrected chi connectivity index (χ4v) is 3.74. The summed E-state index contributed by atoms with van der Waals surface area (Å²) in [7, 11) is 0. The number of pyridine rings is 1. The summed E-state index contributed by atoms with van der Waals surface area (Å²) in [6.45, 7) is 12.8. The fraction of sp³-hybridized carbons (Fsp3) is 0.522. The number of carbonyl (C=O) groups is 1. The third-order valence-corrected chi connectivity index (χ3v) is 5.08. The number of ether oxygens (including phenoxy) is 1. The van der Waals surface area contributed by atoms with Crippen LogP contribution in [-0.2, 0) is 6.54 Å². The molecule has 3 heterocycles. The van der Waals surface area contributed by atoms with Gasteiger partial charge in [-0.25, -0.2) is 19.4 Å². The SMILES string of the molecule is CCn1c(-c2nonc2N)nc2c(C#CC(C)(C)O)nc(OC[C@H](C)N(C(=O)O)C(C)(C)C)cc21. The van der Waals surface area contributed by atoms with E-state index in [9.17, 15) is 15.0 Å². The number of aliphatic hydroxyl groups is 1. The zero-order valence-corrected chi connectivity index (χ0v) is 20.9. The lowest BCUT2D eigenvalue weighted by Gasteiger charge is -2.37. The molecule has 0 aliphatic heterocycles. The summed E-state index contributed by atoms with van der Waals surface area (Å²) in [6, 6.07) is 1.24. The Balaban J connectivity index is 2.10. The Bertz CT molecular complexity index is 1290. The fourth-order valence-electron chi connectivity index (χ4n) is 3.74. The van der Waals surface area contributed by atoms with Crippen LogP contribution in [0.5, 0.6) is 5.88 Å². The molecule has 4 N–H and O–H groups in total. The maximum absolute atomic E-state index is 11.8. The number of hydrogen-bond donors (Lipinski definition) is 3. The Kier molecular flexibility index (Phi) is 6.94. The molecule has 0 aliphatic carbocycles. The first-order chi connectivity index (χ1) is 16.2. The molecule has 3 aromatic rings. The van der Waals surface area contributed by atoms with E-state index >= 15 is 0 Å². The van der Waals surface area contributed by atoms with Crippen LogP contribution in [-0.4, -0.2) is 69.8 Å². The average Bonchev–Trinajstić information content (AvgIpc) is 3.31. The normalized spacial score (nSPS) is 12.8. The van der Waals surface area contributed by atoms with E-state index in [4.69, 9.17) is 15.1 Å². The number of nitrogen functional groups attached to an aromatic ring is 1. The number of fused-ring (bicyclic) bond motifs is 1. The number of rotatable bonds is 6. The van der Waals surface area contributed by atoms with E-state index in [1.165, 1.54) is 4.90 Å². The van der Waals surface area contributed by atoms with Crippen molar-refractivity contribution in [2.45, 2.75) is 72.2 Å². The van der Waals surface area contributed by atoms with Gasteiger partial charge in [0.2, 0.25) is 5.88 Å². The van der Waals surface area contributed by atoms with E-state index < -0.39 is 23.3 Å². The summed E-state index contributed by atoms with van der Waals surface area (Å²) < 4.78 is 12.5. The van der Waals surface area contributed by atoms with Crippen molar-refractivity contribution in [2.75, 3.05) is 12.3 Å². The lowest BCUT2D eigenvalue weighted by atomic mass is 10.0. The molecule has 1 atom stereocenters. The van der Waals surface area contributed by atoms with Gasteiger partial charge in [-0.2, -0.15) is 0 Å². The van der Waals surface area contributed by atoms with Crippen LogP contribution in [0.2, 0.25) is 0 Å². The Morgan fingerprint density at radius 2 is 1.97 bits per heavy atom. The largest absolute Gasteiger partial charge is 0.475 e. The lowest BCUT2D eigenvalue weighted by molar-refractivity contribution is 0.0570. The summed E-state index contributed by atoms with van der Waals surface area (Å²) in [5.41, 5.74) is 5.69. The summed E-state index contributed by atoms with van der Waals surface area (Å²) in [5, 5.41) is 27.3.